The first kappa shape index (κ1) is 16.7. The summed E-state index contributed by atoms with van der Waals surface area (Å²) in [6.07, 6.45) is 1.85. The van der Waals surface area contributed by atoms with Gasteiger partial charge in [-0.15, -0.1) is 0 Å². The van der Waals surface area contributed by atoms with Gasteiger partial charge in [0.2, 0.25) is 0 Å². The van der Waals surface area contributed by atoms with E-state index in [0.29, 0.717) is 5.56 Å². The molecule has 0 aromatic heterocycles. The van der Waals surface area contributed by atoms with Gasteiger partial charge in [0.05, 0.1) is 12.6 Å². The van der Waals surface area contributed by atoms with Crippen LogP contribution in [-0.2, 0) is 0 Å². The second kappa shape index (κ2) is 6.78. The topological polar surface area (TPSA) is 40.5 Å². The molecule has 2 aromatic rings. The SMILES string of the molecule is Cc1cc(C)c(-c2cccc(C(=O)N3CCC[C@H]3CO)c2)cc1C. The van der Waals surface area contributed by atoms with E-state index in [4.69, 9.17) is 0 Å². The molecular weight excluding hydrogens is 298 g/mol. The van der Waals surface area contributed by atoms with Crippen molar-refractivity contribution in [2.45, 2.75) is 39.7 Å². The van der Waals surface area contributed by atoms with Gasteiger partial charge in [0, 0.05) is 12.1 Å². The smallest absolute Gasteiger partial charge is 0.254 e. The zero-order valence-electron chi connectivity index (χ0n) is 14.7. The minimum Gasteiger partial charge on any atom is -0.394 e. The lowest BCUT2D eigenvalue weighted by Gasteiger charge is -2.23. The Bertz CT molecular complexity index is 766. The number of hydrogen-bond acceptors (Lipinski definition) is 2. The molecule has 3 nitrogen and oxygen atoms in total. The number of amides is 1. The largest absolute Gasteiger partial charge is 0.394 e. The number of aliphatic hydroxyl groups excluding tert-OH is 1. The van der Waals surface area contributed by atoms with Crippen molar-refractivity contribution in [3.63, 3.8) is 0 Å². The number of carbonyl (C=O) groups is 1. The summed E-state index contributed by atoms with van der Waals surface area (Å²) < 4.78 is 0. The predicted octanol–water partition coefficient (Wildman–Crippen LogP) is 3.88. The molecule has 126 valence electrons. The maximum Gasteiger partial charge on any atom is 0.254 e. The van der Waals surface area contributed by atoms with Crippen LogP contribution in [0.2, 0.25) is 0 Å². The van der Waals surface area contributed by atoms with Gasteiger partial charge in [-0.05, 0) is 73.6 Å². The van der Waals surface area contributed by atoms with Gasteiger partial charge in [0.1, 0.15) is 0 Å². The standard InChI is InChI=1S/C21H25NO2/c1-14-10-16(3)20(11-15(14)2)17-6-4-7-18(12-17)21(24)22-9-5-8-19(22)13-23/h4,6-7,10-12,19,23H,5,8-9,13H2,1-3H3/t19-/m0/s1. The molecule has 2 aromatic carbocycles. The maximum atomic E-state index is 12.8. The van der Waals surface area contributed by atoms with Gasteiger partial charge < -0.3 is 10.0 Å². The van der Waals surface area contributed by atoms with E-state index in [1.165, 1.54) is 22.3 Å². The normalized spacial score (nSPS) is 17.3. The molecule has 0 saturated carbocycles. The summed E-state index contributed by atoms with van der Waals surface area (Å²) in [5.74, 6) is 0.0230. The minimum absolute atomic E-state index is 0.0230. The quantitative estimate of drug-likeness (QED) is 0.931. The van der Waals surface area contributed by atoms with Crippen molar-refractivity contribution < 1.29 is 9.90 Å². The van der Waals surface area contributed by atoms with Crippen molar-refractivity contribution in [3.05, 3.63) is 58.7 Å². The van der Waals surface area contributed by atoms with E-state index in [1.54, 1.807) is 0 Å². The zero-order chi connectivity index (χ0) is 17.3. The van der Waals surface area contributed by atoms with E-state index in [2.05, 4.69) is 39.0 Å². The Morgan fingerprint density at radius 3 is 2.62 bits per heavy atom. The van der Waals surface area contributed by atoms with Crippen molar-refractivity contribution in [2.75, 3.05) is 13.2 Å². The first-order chi connectivity index (χ1) is 11.5. The Labute approximate surface area is 143 Å². The molecule has 0 unspecified atom stereocenters. The predicted molar refractivity (Wildman–Crippen MR) is 97.2 cm³/mol. The molecule has 0 radical (unpaired) electrons. The summed E-state index contributed by atoms with van der Waals surface area (Å²) in [6.45, 7) is 7.12. The number of hydrogen-bond donors (Lipinski definition) is 1. The minimum atomic E-state index is -0.0375. The molecule has 1 heterocycles. The van der Waals surface area contributed by atoms with Gasteiger partial charge >= 0.3 is 0 Å². The van der Waals surface area contributed by atoms with Crippen molar-refractivity contribution >= 4 is 5.91 Å². The van der Waals surface area contributed by atoms with Crippen LogP contribution in [-0.4, -0.2) is 35.1 Å². The number of benzene rings is 2. The molecule has 3 rings (SSSR count). The molecule has 1 aliphatic rings. The van der Waals surface area contributed by atoms with Crippen LogP contribution in [0.1, 0.15) is 39.9 Å². The maximum absolute atomic E-state index is 12.8. The molecule has 1 N–H and O–H groups in total. The van der Waals surface area contributed by atoms with Crippen molar-refractivity contribution in [2.24, 2.45) is 0 Å². The molecular formula is C21H25NO2. The molecule has 3 heteroatoms. The first-order valence-electron chi connectivity index (χ1n) is 8.61. The molecule has 1 aliphatic heterocycles. The fraction of sp³-hybridized carbons (Fsp3) is 0.381. The van der Waals surface area contributed by atoms with Gasteiger partial charge in [0.25, 0.3) is 5.91 Å². The van der Waals surface area contributed by atoms with E-state index in [-0.39, 0.29) is 18.6 Å². The molecule has 1 fully saturated rings. The van der Waals surface area contributed by atoms with Crippen molar-refractivity contribution in [1.82, 2.24) is 4.90 Å². The Morgan fingerprint density at radius 1 is 1.12 bits per heavy atom. The zero-order valence-corrected chi connectivity index (χ0v) is 14.7. The third kappa shape index (κ3) is 3.09. The van der Waals surface area contributed by atoms with Crippen LogP contribution >= 0.6 is 0 Å². The van der Waals surface area contributed by atoms with Crippen LogP contribution in [0.3, 0.4) is 0 Å². The monoisotopic (exact) mass is 323 g/mol. The first-order valence-corrected chi connectivity index (χ1v) is 8.61. The van der Waals surface area contributed by atoms with E-state index >= 15 is 0 Å². The highest BCUT2D eigenvalue weighted by molar-refractivity contribution is 5.96. The molecule has 0 bridgehead atoms. The lowest BCUT2D eigenvalue weighted by molar-refractivity contribution is 0.0677. The summed E-state index contributed by atoms with van der Waals surface area (Å²) in [6, 6.07) is 12.2. The molecule has 1 atom stereocenters. The molecule has 1 amide bonds. The lowest BCUT2D eigenvalue weighted by atomic mass is 9.94. The molecule has 1 saturated heterocycles. The third-order valence-electron chi connectivity index (χ3n) is 5.11. The lowest BCUT2D eigenvalue weighted by Crippen LogP contribution is -2.37. The number of nitrogens with zero attached hydrogens (tertiary/aromatic N) is 1. The van der Waals surface area contributed by atoms with Gasteiger partial charge in [-0.25, -0.2) is 0 Å². The summed E-state index contributed by atoms with van der Waals surface area (Å²) in [4.78, 5) is 14.6. The summed E-state index contributed by atoms with van der Waals surface area (Å²) >= 11 is 0. The number of carbonyl (C=O) groups excluding carboxylic acids is 1. The Kier molecular flexibility index (Phi) is 4.72. The number of aliphatic hydroxyl groups is 1. The number of rotatable bonds is 3. The van der Waals surface area contributed by atoms with Crippen LogP contribution in [0.25, 0.3) is 11.1 Å². The summed E-state index contributed by atoms with van der Waals surface area (Å²) in [7, 11) is 0. The van der Waals surface area contributed by atoms with Crippen molar-refractivity contribution in [1.29, 1.82) is 0 Å². The molecule has 0 aliphatic carbocycles. The Morgan fingerprint density at radius 2 is 1.88 bits per heavy atom. The van der Waals surface area contributed by atoms with Gasteiger partial charge in [0.15, 0.2) is 0 Å². The Balaban J connectivity index is 1.95. The molecule has 0 spiro atoms. The molecule has 24 heavy (non-hydrogen) atoms. The van der Waals surface area contributed by atoms with E-state index in [1.807, 2.05) is 23.1 Å². The second-order valence-corrected chi connectivity index (χ2v) is 6.81. The van der Waals surface area contributed by atoms with E-state index in [0.717, 1.165) is 24.9 Å². The summed E-state index contributed by atoms with van der Waals surface area (Å²) in [5.41, 5.74) is 6.70. The van der Waals surface area contributed by atoms with Gasteiger partial charge in [-0.1, -0.05) is 24.3 Å². The van der Waals surface area contributed by atoms with E-state index in [9.17, 15) is 9.90 Å². The van der Waals surface area contributed by atoms with Crippen LogP contribution in [0, 0.1) is 20.8 Å². The summed E-state index contributed by atoms with van der Waals surface area (Å²) in [5, 5.41) is 9.46. The highest BCUT2D eigenvalue weighted by Crippen LogP contribution is 2.28. The highest BCUT2D eigenvalue weighted by atomic mass is 16.3. The fourth-order valence-corrected chi connectivity index (χ4v) is 3.55. The van der Waals surface area contributed by atoms with Crippen molar-refractivity contribution in [3.8, 4) is 11.1 Å². The third-order valence-corrected chi connectivity index (χ3v) is 5.11. The van der Waals surface area contributed by atoms with Crippen LogP contribution in [0.15, 0.2) is 36.4 Å². The number of aryl methyl sites for hydroxylation is 3. The van der Waals surface area contributed by atoms with Crippen LogP contribution in [0.5, 0.6) is 0 Å². The van der Waals surface area contributed by atoms with E-state index < -0.39 is 0 Å². The van der Waals surface area contributed by atoms with Gasteiger partial charge in [-0.2, -0.15) is 0 Å². The fourth-order valence-electron chi connectivity index (χ4n) is 3.55. The number of likely N-dealkylation sites (tertiary alicyclic amines) is 1. The second-order valence-electron chi connectivity index (χ2n) is 6.81. The van der Waals surface area contributed by atoms with Crippen LogP contribution in [0.4, 0.5) is 0 Å². The average Bonchev–Trinajstić information content (AvgIpc) is 3.06. The average molecular weight is 323 g/mol. The van der Waals surface area contributed by atoms with Crippen LogP contribution < -0.4 is 0 Å². The van der Waals surface area contributed by atoms with Gasteiger partial charge in [-0.3, -0.25) is 4.79 Å². The highest BCUT2D eigenvalue weighted by Gasteiger charge is 2.28. The Hall–Kier alpha value is -2.13.